The number of nitrogens with one attached hydrogen (secondary N) is 2. The number of piperazine rings is 1. The lowest BCUT2D eigenvalue weighted by Gasteiger charge is -2.35. The maximum atomic E-state index is 13.9. The van der Waals surface area contributed by atoms with Gasteiger partial charge in [-0.2, -0.15) is 5.26 Å². The molecular weight excluding hydrogens is 271 g/mol. The van der Waals surface area contributed by atoms with E-state index >= 15 is 0 Å². The van der Waals surface area contributed by atoms with E-state index in [1.807, 2.05) is 17.9 Å². The lowest BCUT2D eigenvalue weighted by Crippen LogP contribution is -2.57. The minimum absolute atomic E-state index is 0.0541. The molecule has 112 valence electrons. The van der Waals surface area contributed by atoms with Gasteiger partial charge < -0.3 is 10.6 Å². The second-order valence-electron chi connectivity index (χ2n) is 5.00. The van der Waals surface area contributed by atoms with E-state index in [0.717, 1.165) is 6.54 Å². The number of benzene rings is 1. The Bertz CT molecular complexity index is 555. The van der Waals surface area contributed by atoms with E-state index in [-0.39, 0.29) is 17.8 Å². The van der Waals surface area contributed by atoms with Gasteiger partial charge in [0.1, 0.15) is 11.9 Å². The Balaban J connectivity index is 2.16. The Morgan fingerprint density at radius 2 is 2.43 bits per heavy atom. The van der Waals surface area contributed by atoms with Crippen LogP contribution in [0.5, 0.6) is 0 Å². The van der Waals surface area contributed by atoms with E-state index in [4.69, 9.17) is 5.26 Å². The van der Waals surface area contributed by atoms with Gasteiger partial charge >= 0.3 is 0 Å². The molecule has 1 aromatic carbocycles. The molecular formula is C15H19FN4O. The van der Waals surface area contributed by atoms with E-state index in [2.05, 4.69) is 10.6 Å². The van der Waals surface area contributed by atoms with Crippen LogP contribution < -0.4 is 10.6 Å². The molecule has 0 aliphatic carbocycles. The van der Waals surface area contributed by atoms with Crippen molar-refractivity contribution in [2.24, 2.45) is 0 Å². The van der Waals surface area contributed by atoms with Gasteiger partial charge in [-0.25, -0.2) is 4.39 Å². The summed E-state index contributed by atoms with van der Waals surface area (Å²) in [5.41, 5.74) is 0.876. The van der Waals surface area contributed by atoms with Crippen molar-refractivity contribution >= 4 is 5.91 Å². The number of hydrogen-bond acceptors (Lipinski definition) is 4. The van der Waals surface area contributed by atoms with Crippen LogP contribution in [0.25, 0.3) is 0 Å². The van der Waals surface area contributed by atoms with E-state index in [1.165, 1.54) is 12.1 Å². The topological polar surface area (TPSA) is 68.2 Å². The second kappa shape index (κ2) is 7.16. The molecule has 6 heteroatoms. The molecule has 2 rings (SSSR count). The predicted octanol–water partition coefficient (Wildman–Crippen LogP) is 0.607. The molecule has 0 bridgehead atoms. The molecule has 1 aliphatic heterocycles. The lowest BCUT2D eigenvalue weighted by molar-refractivity contribution is -0.127. The van der Waals surface area contributed by atoms with Crippen LogP contribution in [-0.4, -0.2) is 43.0 Å². The molecule has 1 unspecified atom stereocenters. The number of carbonyl (C=O) groups excluding carboxylic acids is 1. The normalized spacial score (nSPS) is 19.0. The summed E-state index contributed by atoms with van der Waals surface area (Å²) in [6.07, 6.45) is 0. The van der Waals surface area contributed by atoms with Gasteiger partial charge in [0.15, 0.2) is 0 Å². The largest absolute Gasteiger partial charge is 0.355 e. The average Bonchev–Trinajstić information content (AvgIpc) is 2.50. The first-order valence-electron chi connectivity index (χ1n) is 7.06. The van der Waals surface area contributed by atoms with Crippen LogP contribution in [0.2, 0.25) is 0 Å². The fourth-order valence-electron chi connectivity index (χ4n) is 2.47. The van der Waals surface area contributed by atoms with Crippen LogP contribution in [0.3, 0.4) is 0 Å². The molecule has 0 spiro atoms. The number of likely N-dealkylation sites (N-methyl/N-ethyl adjacent to an activating group) is 1. The molecule has 1 aromatic rings. The molecule has 1 amide bonds. The summed E-state index contributed by atoms with van der Waals surface area (Å²) in [5.74, 6) is -0.399. The minimum Gasteiger partial charge on any atom is -0.355 e. The number of halogens is 1. The van der Waals surface area contributed by atoms with Crippen LogP contribution in [0, 0.1) is 17.1 Å². The van der Waals surface area contributed by atoms with Gasteiger partial charge in [0.2, 0.25) is 5.91 Å². The third-order valence-corrected chi connectivity index (χ3v) is 3.56. The Kier molecular flexibility index (Phi) is 5.26. The second-order valence-corrected chi connectivity index (χ2v) is 5.00. The van der Waals surface area contributed by atoms with Crippen LogP contribution in [0.1, 0.15) is 18.1 Å². The first kappa shape index (κ1) is 15.4. The zero-order chi connectivity index (χ0) is 15.2. The van der Waals surface area contributed by atoms with Crippen LogP contribution >= 0.6 is 0 Å². The van der Waals surface area contributed by atoms with Crippen molar-refractivity contribution in [1.82, 2.24) is 15.5 Å². The van der Waals surface area contributed by atoms with Crippen LogP contribution in [0.4, 0.5) is 4.39 Å². The zero-order valence-electron chi connectivity index (χ0n) is 12.0. The third kappa shape index (κ3) is 3.78. The predicted molar refractivity (Wildman–Crippen MR) is 76.9 cm³/mol. The van der Waals surface area contributed by atoms with Gasteiger partial charge in [0.05, 0.1) is 11.6 Å². The molecule has 1 aliphatic rings. The maximum absolute atomic E-state index is 13.9. The monoisotopic (exact) mass is 290 g/mol. The molecule has 0 saturated carbocycles. The van der Waals surface area contributed by atoms with E-state index in [1.54, 1.807) is 6.07 Å². The number of hydrogen-bond donors (Lipinski definition) is 2. The SMILES string of the molecule is CCNC(=O)C1CNCCN1Cc1cc(C#N)ccc1F. The highest BCUT2D eigenvalue weighted by molar-refractivity contribution is 5.82. The summed E-state index contributed by atoms with van der Waals surface area (Å²) in [7, 11) is 0. The van der Waals surface area contributed by atoms with E-state index < -0.39 is 0 Å². The van der Waals surface area contributed by atoms with Crippen molar-refractivity contribution in [3.8, 4) is 6.07 Å². The highest BCUT2D eigenvalue weighted by Crippen LogP contribution is 2.15. The molecule has 1 fully saturated rings. The van der Waals surface area contributed by atoms with E-state index in [0.29, 0.717) is 37.3 Å². The molecule has 1 heterocycles. The molecule has 1 atom stereocenters. The molecule has 21 heavy (non-hydrogen) atoms. The van der Waals surface area contributed by atoms with Gasteiger partial charge in [-0.15, -0.1) is 0 Å². The first-order valence-corrected chi connectivity index (χ1v) is 7.06. The fraction of sp³-hybridized carbons (Fsp3) is 0.467. The summed E-state index contributed by atoms with van der Waals surface area (Å²) in [6.45, 7) is 4.74. The summed E-state index contributed by atoms with van der Waals surface area (Å²) in [4.78, 5) is 14.0. The number of carbonyl (C=O) groups is 1. The number of nitrogens with zero attached hydrogens (tertiary/aromatic N) is 2. The average molecular weight is 290 g/mol. The Morgan fingerprint density at radius 3 is 3.14 bits per heavy atom. The standard InChI is InChI=1S/C15H19FN4O/c1-2-19-15(21)14-9-18-5-6-20(14)10-12-7-11(8-17)3-4-13(12)16/h3-4,7,14,18H,2,5-6,9-10H2,1H3,(H,19,21). The van der Waals surface area contributed by atoms with Crippen molar-refractivity contribution in [2.45, 2.75) is 19.5 Å². The van der Waals surface area contributed by atoms with E-state index in [9.17, 15) is 9.18 Å². The molecule has 1 saturated heterocycles. The van der Waals surface area contributed by atoms with Gasteiger partial charge in [0, 0.05) is 38.3 Å². The number of rotatable bonds is 4. The fourth-order valence-corrected chi connectivity index (χ4v) is 2.47. The van der Waals surface area contributed by atoms with Gasteiger partial charge in [-0.05, 0) is 25.1 Å². The Labute approximate surface area is 123 Å². The van der Waals surface area contributed by atoms with Crippen molar-refractivity contribution in [3.63, 3.8) is 0 Å². The molecule has 2 N–H and O–H groups in total. The van der Waals surface area contributed by atoms with Crippen molar-refractivity contribution in [1.29, 1.82) is 5.26 Å². The summed E-state index contributed by atoms with van der Waals surface area (Å²) in [6, 6.07) is 6.00. The Morgan fingerprint density at radius 1 is 1.62 bits per heavy atom. The quantitative estimate of drug-likeness (QED) is 0.852. The third-order valence-electron chi connectivity index (χ3n) is 3.56. The molecule has 0 radical (unpaired) electrons. The lowest BCUT2D eigenvalue weighted by atomic mass is 10.1. The molecule has 0 aromatic heterocycles. The van der Waals surface area contributed by atoms with Gasteiger partial charge in [-0.1, -0.05) is 0 Å². The Hall–Kier alpha value is -1.97. The summed E-state index contributed by atoms with van der Waals surface area (Å²) >= 11 is 0. The molecule has 5 nitrogen and oxygen atoms in total. The highest BCUT2D eigenvalue weighted by atomic mass is 19.1. The van der Waals surface area contributed by atoms with Crippen molar-refractivity contribution in [2.75, 3.05) is 26.2 Å². The smallest absolute Gasteiger partial charge is 0.238 e. The number of amides is 1. The van der Waals surface area contributed by atoms with Gasteiger partial charge in [0.25, 0.3) is 0 Å². The zero-order valence-corrected chi connectivity index (χ0v) is 12.0. The van der Waals surface area contributed by atoms with Crippen molar-refractivity contribution < 1.29 is 9.18 Å². The van der Waals surface area contributed by atoms with Crippen molar-refractivity contribution in [3.05, 3.63) is 35.1 Å². The maximum Gasteiger partial charge on any atom is 0.238 e. The summed E-state index contributed by atoms with van der Waals surface area (Å²) < 4.78 is 13.9. The number of nitriles is 1. The highest BCUT2D eigenvalue weighted by Gasteiger charge is 2.28. The first-order chi connectivity index (χ1) is 10.2. The van der Waals surface area contributed by atoms with Gasteiger partial charge in [-0.3, -0.25) is 9.69 Å². The van der Waals surface area contributed by atoms with Crippen LogP contribution in [-0.2, 0) is 11.3 Å². The summed E-state index contributed by atoms with van der Waals surface area (Å²) in [5, 5.41) is 14.9. The minimum atomic E-state index is -0.345. The van der Waals surface area contributed by atoms with Crippen LogP contribution in [0.15, 0.2) is 18.2 Å².